The molecule has 0 bridgehead atoms. The molecule has 1 aromatic rings. The lowest BCUT2D eigenvalue weighted by atomic mass is 9.93. The van der Waals surface area contributed by atoms with E-state index in [0.717, 1.165) is 32.4 Å². The first-order valence-electron chi connectivity index (χ1n) is 6.89. The number of amides is 1. The molecule has 0 unspecified atom stereocenters. The minimum atomic E-state index is -0.0534. The van der Waals surface area contributed by atoms with Crippen LogP contribution in [0.3, 0.4) is 0 Å². The van der Waals surface area contributed by atoms with Crippen molar-refractivity contribution < 1.29 is 4.79 Å². The number of carbonyl (C=O) groups excluding carboxylic acids is 1. The Morgan fingerprint density at radius 1 is 1.45 bits per heavy atom. The number of halogens is 1. The molecule has 2 rings (SSSR count). The maximum Gasteiger partial charge on any atom is 0.224 e. The maximum atomic E-state index is 12.0. The monoisotopic (exact) mass is 291 g/mol. The normalized spacial score (nSPS) is 15.6. The predicted octanol–water partition coefficient (Wildman–Crippen LogP) is 2.93. The molecule has 2 N–H and O–H groups in total. The first kappa shape index (κ1) is 14.8. The summed E-state index contributed by atoms with van der Waals surface area (Å²) in [6.07, 6.45) is 3.65. The average molecular weight is 292 g/mol. The van der Waals surface area contributed by atoms with Crippen LogP contribution in [0.25, 0.3) is 0 Å². The van der Waals surface area contributed by atoms with Gasteiger partial charge in [-0.25, -0.2) is 0 Å². The first-order valence-corrected chi connectivity index (χ1v) is 7.27. The van der Waals surface area contributed by atoms with Gasteiger partial charge in [0.25, 0.3) is 0 Å². The zero-order valence-electron chi connectivity index (χ0n) is 11.3. The second-order valence-corrected chi connectivity index (χ2v) is 5.52. The van der Waals surface area contributed by atoms with Gasteiger partial charge in [-0.3, -0.25) is 4.79 Å². The number of piperidine rings is 1. The topological polar surface area (TPSA) is 64.9 Å². The number of nitriles is 1. The van der Waals surface area contributed by atoms with Crippen molar-refractivity contribution in [2.45, 2.75) is 25.7 Å². The Morgan fingerprint density at radius 3 is 2.90 bits per heavy atom. The SMILES string of the molecule is N#Cc1ccc(Cl)cc1NC(=O)CCC1CCNCC1. The molecule has 5 heteroatoms. The van der Waals surface area contributed by atoms with Gasteiger partial charge in [0, 0.05) is 11.4 Å². The Balaban J connectivity index is 1.88. The van der Waals surface area contributed by atoms with E-state index in [2.05, 4.69) is 16.7 Å². The molecular formula is C15H18ClN3O. The fraction of sp³-hybridized carbons (Fsp3) is 0.467. The Kier molecular flexibility index (Phi) is 5.40. The summed E-state index contributed by atoms with van der Waals surface area (Å²) >= 11 is 5.89. The zero-order chi connectivity index (χ0) is 14.4. The van der Waals surface area contributed by atoms with Crippen molar-refractivity contribution >= 4 is 23.2 Å². The van der Waals surface area contributed by atoms with Crippen LogP contribution in [0.15, 0.2) is 18.2 Å². The third kappa shape index (κ3) is 4.22. The van der Waals surface area contributed by atoms with E-state index in [9.17, 15) is 4.79 Å². The standard InChI is InChI=1S/C15H18ClN3O/c16-13-3-2-12(10-17)14(9-13)19-15(20)4-1-11-5-7-18-8-6-11/h2-3,9,11,18H,1,4-8H2,(H,19,20). The van der Waals surface area contributed by atoms with Gasteiger partial charge in [-0.15, -0.1) is 0 Å². The summed E-state index contributed by atoms with van der Waals surface area (Å²) in [5, 5.41) is 15.6. The number of benzene rings is 1. The van der Waals surface area contributed by atoms with Gasteiger partial charge in [0.05, 0.1) is 11.3 Å². The van der Waals surface area contributed by atoms with E-state index in [0.29, 0.717) is 28.6 Å². The highest BCUT2D eigenvalue weighted by Gasteiger charge is 2.15. The van der Waals surface area contributed by atoms with E-state index in [-0.39, 0.29) is 5.91 Å². The van der Waals surface area contributed by atoms with Crippen LogP contribution in [0, 0.1) is 17.2 Å². The number of nitrogens with one attached hydrogen (secondary N) is 2. The molecule has 0 spiro atoms. The van der Waals surface area contributed by atoms with Gasteiger partial charge in [0.15, 0.2) is 0 Å². The van der Waals surface area contributed by atoms with Crippen LogP contribution >= 0.6 is 11.6 Å². The van der Waals surface area contributed by atoms with Crippen molar-refractivity contribution in [3.63, 3.8) is 0 Å². The molecule has 1 saturated heterocycles. The Hall–Kier alpha value is -1.57. The van der Waals surface area contributed by atoms with Crippen molar-refractivity contribution in [1.29, 1.82) is 5.26 Å². The molecule has 1 amide bonds. The molecule has 0 aliphatic carbocycles. The van der Waals surface area contributed by atoms with Crippen LogP contribution in [0.4, 0.5) is 5.69 Å². The fourth-order valence-electron chi connectivity index (χ4n) is 2.44. The van der Waals surface area contributed by atoms with Crippen molar-refractivity contribution in [2.24, 2.45) is 5.92 Å². The second kappa shape index (κ2) is 7.28. The summed E-state index contributed by atoms with van der Waals surface area (Å²) in [5.41, 5.74) is 0.930. The fourth-order valence-corrected chi connectivity index (χ4v) is 2.61. The van der Waals surface area contributed by atoms with E-state index in [1.54, 1.807) is 18.2 Å². The van der Waals surface area contributed by atoms with Crippen molar-refractivity contribution in [3.8, 4) is 6.07 Å². The summed E-state index contributed by atoms with van der Waals surface area (Å²) in [5.74, 6) is 0.569. The van der Waals surface area contributed by atoms with E-state index in [1.165, 1.54) is 0 Å². The largest absolute Gasteiger partial charge is 0.325 e. The molecule has 106 valence electrons. The van der Waals surface area contributed by atoms with Crippen molar-refractivity contribution in [1.82, 2.24) is 5.32 Å². The highest BCUT2D eigenvalue weighted by molar-refractivity contribution is 6.31. The van der Waals surface area contributed by atoms with Gasteiger partial charge in [-0.1, -0.05) is 11.6 Å². The predicted molar refractivity (Wildman–Crippen MR) is 79.6 cm³/mol. The Labute approximate surface area is 124 Å². The molecule has 0 aromatic heterocycles. The Morgan fingerprint density at radius 2 is 2.20 bits per heavy atom. The van der Waals surface area contributed by atoms with Gasteiger partial charge in [0.2, 0.25) is 5.91 Å². The van der Waals surface area contributed by atoms with Gasteiger partial charge in [0.1, 0.15) is 6.07 Å². The summed E-state index contributed by atoms with van der Waals surface area (Å²) in [6.45, 7) is 2.08. The van der Waals surface area contributed by atoms with E-state index >= 15 is 0 Å². The van der Waals surface area contributed by atoms with Crippen LogP contribution in [0.1, 0.15) is 31.2 Å². The lowest BCUT2D eigenvalue weighted by Gasteiger charge is -2.22. The molecule has 4 nitrogen and oxygen atoms in total. The maximum absolute atomic E-state index is 12.0. The second-order valence-electron chi connectivity index (χ2n) is 5.08. The van der Waals surface area contributed by atoms with E-state index in [4.69, 9.17) is 16.9 Å². The van der Waals surface area contributed by atoms with Crippen LogP contribution in [0.5, 0.6) is 0 Å². The van der Waals surface area contributed by atoms with E-state index in [1.807, 2.05) is 0 Å². The number of nitrogens with zero attached hydrogens (tertiary/aromatic N) is 1. The summed E-state index contributed by atoms with van der Waals surface area (Å²) < 4.78 is 0. The summed E-state index contributed by atoms with van der Waals surface area (Å²) in [4.78, 5) is 12.0. The summed E-state index contributed by atoms with van der Waals surface area (Å²) in [7, 11) is 0. The molecule has 0 radical (unpaired) electrons. The molecule has 1 aliphatic heterocycles. The lowest BCUT2D eigenvalue weighted by Crippen LogP contribution is -2.28. The number of carbonyl (C=O) groups is 1. The smallest absolute Gasteiger partial charge is 0.224 e. The molecule has 1 heterocycles. The van der Waals surface area contributed by atoms with Crippen molar-refractivity contribution in [3.05, 3.63) is 28.8 Å². The average Bonchev–Trinajstić information content (AvgIpc) is 2.46. The third-order valence-electron chi connectivity index (χ3n) is 3.61. The number of rotatable bonds is 4. The molecule has 20 heavy (non-hydrogen) atoms. The molecule has 1 fully saturated rings. The van der Waals surface area contributed by atoms with Gasteiger partial charge in [-0.2, -0.15) is 5.26 Å². The lowest BCUT2D eigenvalue weighted by molar-refractivity contribution is -0.116. The molecule has 1 aromatic carbocycles. The van der Waals surface area contributed by atoms with Crippen LogP contribution in [-0.2, 0) is 4.79 Å². The van der Waals surface area contributed by atoms with Gasteiger partial charge >= 0.3 is 0 Å². The molecule has 1 aliphatic rings. The zero-order valence-corrected chi connectivity index (χ0v) is 12.0. The minimum Gasteiger partial charge on any atom is -0.325 e. The molecular weight excluding hydrogens is 274 g/mol. The number of hydrogen-bond acceptors (Lipinski definition) is 3. The highest BCUT2D eigenvalue weighted by atomic mass is 35.5. The highest BCUT2D eigenvalue weighted by Crippen LogP contribution is 2.22. The number of hydrogen-bond donors (Lipinski definition) is 2. The first-order chi connectivity index (χ1) is 9.69. The molecule has 0 atom stereocenters. The van der Waals surface area contributed by atoms with Gasteiger partial charge in [-0.05, 0) is 56.5 Å². The third-order valence-corrected chi connectivity index (χ3v) is 3.85. The van der Waals surface area contributed by atoms with Crippen molar-refractivity contribution in [2.75, 3.05) is 18.4 Å². The van der Waals surface area contributed by atoms with Crippen LogP contribution < -0.4 is 10.6 Å². The van der Waals surface area contributed by atoms with Crippen LogP contribution in [0.2, 0.25) is 5.02 Å². The Bertz CT molecular complexity index is 518. The minimum absolute atomic E-state index is 0.0534. The van der Waals surface area contributed by atoms with Gasteiger partial charge < -0.3 is 10.6 Å². The molecule has 0 saturated carbocycles. The van der Waals surface area contributed by atoms with E-state index < -0.39 is 0 Å². The summed E-state index contributed by atoms with van der Waals surface area (Å²) in [6, 6.07) is 6.93. The quantitative estimate of drug-likeness (QED) is 0.896. The number of anilines is 1. The van der Waals surface area contributed by atoms with Crippen LogP contribution in [-0.4, -0.2) is 19.0 Å².